The van der Waals surface area contributed by atoms with E-state index in [2.05, 4.69) is 35.4 Å². The average molecular weight is 492 g/mol. The van der Waals surface area contributed by atoms with Crippen molar-refractivity contribution in [1.82, 2.24) is 39.2 Å². The second kappa shape index (κ2) is 10.3. The van der Waals surface area contributed by atoms with Crippen LogP contribution in [0.4, 0.5) is 30.6 Å². The number of anilines is 3. The molecule has 0 aliphatic rings. The van der Waals surface area contributed by atoms with E-state index in [1.807, 2.05) is 43.2 Å². The van der Waals surface area contributed by atoms with Gasteiger partial charge in [0.1, 0.15) is 17.3 Å². The number of hydrogen-bond acceptors (Lipinski definition) is 9. The van der Waals surface area contributed by atoms with E-state index < -0.39 is 12.1 Å². The lowest BCUT2D eigenvalue weighted by atomic mass is 10.3. The Hall–Kier alpha value is -4.27. The van der Waals surface area contributed by atoms with Gasteiger partial charge in [-0.2, -0.15) is 23.4 Å². The molecule has 4 N–H and O–H groups in total. The molecule has 4 heterocycles. The monoisotopic (exact) mass is 492 g/mol. The summed E-state index contributed by atoms with van der Waals surface area (Å²) in [6.45, 7) is 3.51. The molecule has 0 radical (unpaired) electrons. The van der Waals surface area contributed by atoms with Crippen LogP contribution in [0.2, 0.25) is 0 Å². The van der Waals surface area contributed by atoms with E-state index in [0.29, 0.717) is 40.3 Å². The number of aliphatic carboxylic acids is 1. The molecule has 186 valence electrons. The Balaban J connectivity index is 0.000000429. The molecular formula is C20H23F3N10O2. The topological polar surface area (TPSA) is 152 Å². The summed E-state index contributed by atoms with van der Waals surface area (Å²) in [6.07, 6.45) is -1.44. The summed E-state index contributed by atoms with van der Waals surface area (Å²) in [4.78, 5) is 24.3. The molecule has 12 nitrogen and oxygen atoms in total. The van der Waals surface area contributed by atoms with Crippen LogP contribution in [0.3, 0.4) is 0 Å². The van der Waals surface area contributed by atoms with Crippen molar-refractivity contribution >= 4 is 29.1 Å². The molecule has 0 fully saturated rings. The summed E-state index contributed by atoms with van der Waals surface area (Å²) in [5.74, 6) is -0.476. The lowest BCUT2D eigenvalue weighted by Crippen LogP contribution is -2.21. The Morgan fingerprint density at radius 2 is 1.94 bits per heavy atom. The van der Waals surface area contributed by atoms with Gasteiger partial charge in [0.05, 0.1) is 12.2 Å². The van der Waals surface area contributed by atoms with Crippen molar-refractivity contribution in [2.75, 3.05) is 31.7 Å². The van der Waals surface area contributed by atoms with Gasteiger partial charge in [-0.15, -0.1) is 0 Å². The van der Waals surface area contributed by atoms with E-state index in [0.717, 1.165) is 13.1 Å². The van der Waals surface area contributed by atoms with Crippen LogP contribution in [-0.4, -0.2) is 77.1 Å². The minimum atomic E-state index is -5.08. The minimum Gasteiger partial charge on any atom is -0.475 e. The number of nitrogen functional groups attached to an aromatic ring is 1. The van der Waals surface area contributed by atoms with Crippen LogP contribution in [0.1, 0.15) is 5.82 Å². The number of nitrogens with one attached hydrogen (secondary N) is 1. The first kappa shape index (κ1) is 25.4. The third-order valence-corrected chi connectivity index (χ3v) is 4.40. The van der Waals surface area contributed by atoms with Gasteiger partial charge >= 0.3 is 12.1 Å². The number of aromatic nitrogens is 7. The Kier molecular flexibility index (Phi) is 7.49. The van der Waals surface area contributed by atoms with Crippen LogP contribution in [0, 0.1) is 6.92 Å². The average Bonchev–Trinajstić information content (AvgIpc) is 3.35. The lowest BCUT2D eigenvalue weighted by molar-refractivity contribution is -0.192. The maximum atomic E-state index is 10.6. The number of nitrogens with two attached hydrogens (primary N) is 1. The molecule has 0 spiro atoms. The molecule has 4 aromatic heterocycles. The fourth-order valence-corrected chi connectivity index (χ4v) is 2.89. The summed E-state index contributed by atoms with van der Waals surface area (Å²) < 4.78 is 35.4. The summed E-state index contributed by atoms with van der Waals surface area (Å²) in [5.41, 5.74) is 7.98. The zero-order valence-electron chi connectivity index (χ0n) is 19.0. The van der Waals surface area contributed by atoms with Gasteiger partial charge in [0.2, 0.25) is 0 Å². The van der Waals surface area contributed by atoms with E-state index >= 15 is 0 Å². The van der Waals surface area contributed by atoms with E-state index in [1.165, 1.54) is 0 Å². The molecule has 4 rings (SSSR count). The maximum absolute atomic E-state index is 10.6. The number of hydrogen-bond donors (Lipinski definition) is 3. The highest BCUT2D eigenvalue weighted by Crippen LogP contribution is 2.29. The molecule has 0 bridgehead atoms. The van der Waals surface area contributed by atoms with Gasteiger partial charge in [0.15, 0.2) is 17.3 Å². The van der Waals surface area contributed by atoms with Crippen LogP contribution in [0.15, 0.2) is 36.7 Å². The lowest BCUT2D eigenvalue weighted by Gasteiger charge is -2.09. The van der Waals surface area contributed by atoms with Crippen molar-refractivity contribution in [2.45, 2.75) is 19.6 Å². The van der Waals surface area contributed by atoms with Crippen molar-refractivity contribution in [2.24, 2.45) is 0 Å². The van der Waals surface area contributed by atoms with E-state index in [1.54, 1.807) is 23.7 Å². The van der Waals surface area contributed by atoms with E-state index in [4.69, 9.17) is 15.6 Å². The normalized spacial score (nSPS) is 11.4. The SMILES string of the molecule is Cc1nc(N)cc(-c2c(Nc3ccn(CCN(C)C)n3)nc3cccnn23)n1.O=C(O)C(F)(F)F. The first-order chi connectivity index (χ1) is 16.4. The van der Waals surface area contributed by atoms with Gasteiger partial charge in [-0.25, -0.2) is 24.3 Å². The summed E-state index contributed by atoms with van der Waals surface area (Å²) >= 11 is 0. The van der Waals surface area contributed by atoms with Crippen molar-refractivity contribution in [3.05, 3.63) is 42.5 Å². The number of rotatable bonds is 6. The molecule has 35 heavy (non-hydrogen) atoms. The molecule has 0 aliphatic carbocycles. The number of likely N-dealkylation sites (N-methyl/N-ethyl adjacent to an activating group) is 1. The molecule has 15 heteroatoms. The molecule has 4 aromatic rings. The minimum absolute atomic E-state index is 0.396. The molecule has 0 aromatic carbocycles. The van der Waals surface area contributed by atoms with Crippen LogP contribution in [-0.2, 0) is 11.3 Å². The predicted molar refractivity (Wildman–Crippen MR) is 121 cm³/mol. The van der Waals surface area contributed by atoms with Crippen LogP contribution in [0.5, 0.6) is 0 Å². The maximum Gasteiger partial charge on any atom is 0.490 e. The second-order valence-corrected chi connectivity index (χ2v) is 7.52. The summed E-state index contributed by atoms with van der Waals surface area (Å²) in [7, 11) is 4.07. The highest BCUT2D eigenvalue weighted by Gasteiger charge is 2.38. The number of halogens is 3. The number of alkyl halides is 3. The molecule has 0 amide bonds. The van der Waals surface area contributed by atoms with Crippen LogP contribution in [0.25, 0.3) is 17.0 Å². The second-order valence-electron chi connectivity index (χ2n) is 7.52. The highest BCUT2D eigenvalue weighted by atomic mass is 19.4. The smallest absolute Gasteiger partial charge is 0.475 e. The van der Waals surface area contributed by atoms with Gasteiger partial charge in [-0.1, -0.05) is 0 Å². The van der Waals surface area contributed by atoms with Gasteiger partial charge < -0.3 is 21.1 Å². The number of fused-ring (bicyclic) bond motifs is 1. The Bertz CT molecular complexity index is 1300. The first-order valence-electron chi connectivity index (χ1n) is 10.1. The molecule has 0 aliphatic heterocycles. The van der Waals surface area contributed by atoms with E-state index in [-0.39, 0.29) is 0 Å². The zero-order valence-corrected chi connectivity index (χ0v) is 19.0. The first-order valence-corrected chi connectivity index (χ1v) is 10.1. The van der Waals surface area contributed by atoms with Gasteiger partial charge in [0, 0.05) is 31.1 Å². The van der Waals surface area contributed by atoms with Gasteiger partial charge in [-0.05, 0) is 33.2 Å². The Morgan fingerprint density at radius 1 is 1.23 bits per heavy atom. The third-order valence-electron chi connectivity index (χ3n) is 4.40. The molecule has 0 unspecified atom stereocenters. The summed E-state index contributed by atoms with van der Waals surface area (Å²) in [5, 5.41) is 19.4. The van der Waals surface area contributed by atoms with Gasteiger partial charge in [0.25, 0.3) is 0 Å². The molecule has 0 saturated carbocycles. The standard InChI is InChI=1S/C18H22N10.C2HF3O2/c1-12-21-13(11-14(19)22-12)17-18(24-16-5-4-7-20-28(16)17)23-15-6-8-27(25-15)10-9-26(2)3;3-2(4,5)1(6)7/h4-8,11H,9-10H2,1-3H3,(H,23,25)(H2,19,21,22);(H,6,7). The largest absolute Gasteiger partial charge is 0.490 e. The highest BCUT2D eigenvalue weighted by molar-refractivity contribution is 5.77. The van der Waals surface area contributed by atoms with Crippen molar-refractivity contribution in [3.8, 4) is 11.4 Å². The molecule has 0 saturated heterocycles. The Morgan fingerprint density at radius 3 is 2.57 bits per heavy atom. The summed E-state index contributed by atoms with van der Waals surface area (Å²) in [6, 6.07) is 7.35. The van der Waals surface area contributed by atoms with Crippen LogP contribution >= 0.6 is 0 Å². The fourth-order valence-electron chi connectivity index (χ4n) is 2.89. The van der Waals surface area contributed by atoms with Crippen molar-refractivity contribution in [3.63, 3.8) is 0 Å². The van der Waals surface area contributed by atoms with Crippen molar-refractivity contribution < 1.29 is 23.1 Å². The number of aryl methyl sites for hydroxylation is 1. The van der Waals surface area contributed by atoms with Gasteiger partial charge in [-0.3, -0.25) is 4.68 Å². The number of carboxylic acid groups (broad SMARTS) is 1. The molecular weight excluding hydrogens is 469 g/mol. The Labute approximate surface area is 197 Å². The number of carboxylic acids is 1. The fraction of sp³-hybridized carbons (Fsp3) is 0.300. The van der Waals surface area contributed by atoms with E-state index in [9.17, 15) is 13.2 Å². The number of carbonyl (C=O) groups is 1. The third kappa shape index (κ3) is 6.63. The molecule has 0 atom stereocenters. The van der Waals surface area contributed by atoms with Crippen molar-refractivity contribution in [1.29, 1.82) is 0 Å². The predicted octanol–water partition coefficient (Wildman–Crippen LogP) is 2.21. The number of nitrogens with zero attached hydrogens (tertiary/aromatic N) is 8. The number of imidazole rings is 1. The zero-order chi connectivity index (χ0) is 25.8. The quantitative estimate of drug-likeness (QED) is 0.365. The van der Waals surface area contributed by atoms with Crippen LogP contribution < -0.4 is 11.1 Å².